The summed E-state index contributed by atoms with van der Waals surface area (Å²) in [6, 6.07) is 11.7. The normalized spacial score (nSPS) is 18.4. The van der Waals surface area contributed by atoms with Gasteiger partial charge in [0, 0.05) is 57.4 Å². The van der Waals surface area contributed by atoms with Crippen molar-refractivity contribution in [3.63, 3.8) is 0 Å². The van der Waals surface area contributed by atoms with E-state index in [1.54, 1.807) is 17.0 Å². The second-order valence-corrected chi connectivity index (χ2v) is 8.18. The molecule has 0 spiro atoms. The minimum atomic E-state index is -0.0973. The molecule has 0 atom stereocenters. The molecule has 1 aromatic heterocycles. The molecular formula is C23H30N4O3. The lowest BCUT2D eigenvalue weighted by molar-refractivity contribution is -0.126. The number of rotatable bonds is 5. The Bertz CT molecular complexity index is 851. The minimum absolute atomic E-state index is 0.0542. The summed E-state index contributed by atoms with van der Waals surface area (Å²) in [5.74, 6) is 0.285. The predicted octanol–water partition coefficient (Wildman–Crippen LogP) is 2.20. The van der Waals surface area contributed by atoms with E-state index in [2.05, 4.69) is 40.4 Å². The van der Waals surface area contributed by atoms with Crippen LogP contribution in [0.5, 0.6) is 0 Å². The summed E-state index contributed by atoms with van der Waals surface area (Å²) in [5, 5.41) is 3.13. The summed E-state index contributed by atoms with van der Waals surface area (Å²) in [5.41, 5.74) is 2.37. The van der Waals surface area contributed by atoms with E-state index in [1.165, 1.54) is 12.0 Å². The number of carbonyl (C=O) groups excluding carboxylic acids is 2. The summed E-state index contributed by atoms with van der Waals surface area (Å²) in [6.07, 6.45) is 2.87. The van der Waals surface area contributed by atoms with Crippen LogP contribution in [0.3, 0.4) is 0 Å². The van der Waals surface area contributed by atoms with Gasteiger partial charge >= 0.3 is 0 Å². The summed E-state index contributed by atoms with van der Waals surface area (Å²) < 4.78 is 5.20. The average molecular weight is 411 g/mol. The van der Waals surface area contributed by atoms with Gasteiger partial charge in [0.25, 0.3) is 5.91 Å². The van der Waals surface area contributed by atoms with Crippen LogP contribution >= 0.6 is 0 Å². The van der Waals surface area contributed by atoms with Crippen LogP contribution in [-0.4, -0.2) is 67.9 Å². The van der Waals surface area contributed by atoms with Crippen molar-refractivity contribution in [3.8, 4) is 0 Å². The maximum absolute atomic E-state index is 12.8. The number of piperazine rings is 1. The molecule has 2 aliphatic rings. The second kappa shape index (κ2) is 9.34. The van der Waals surface area contributed by atoms with E-state index in [0.717, 1.165) is 31.7 Å². The van der Waals surface area contributed by atoms with Crippen LogP contribution in [0.1, 0.15) is 29.0 Å². The number of para-hydroxylation sites is 1. The number of amides is 2. The summed E-state index contributed by atoms with van der Waals surface area (Å²) >= 11 is 0. The highest BCUT2D eigenvalue weighted by Crippen LogP contribution is 2.23. The third-order valence-electron chi connectivity index (χ3n) is 6.17. The van der Waals surface area contributed by atoms with Crippen LogP contribution in [0.2, 0.25) is 0 Å². The van der Waals surface area contributed by atoms with Crippen molar-refractivity contribution in [2.75, 3.05) is 51.2 Å². The largest absolute Gasteiger partial charge is 0.459 e. The van der Waals surface area contributed by atoms with E-state index in [9.17, 15) is 9.59 Å². The first-order valence-corrected chi connectivity index (χ1v) is 10.7. The minimum Gasteiger partial charge on any atom is -0.459 e. The number of piperidine rings is 1. The van der Waals surface area contributed by atoms with Crippen molar-refractivity contribution in [3.05, 3.63) is 54.0 Å². The fourth-order valence-corrected chi connectivity index (χ4v) is 4.24. The Labute approximate surface area is 177 Å². The molecular weight excluding hydrogens is 380 g/mol. The van der Waals surface area contributed by atoms with Crippen LogP contribution < -0.4 is 10.2 Å². The zero-order valence-electron chi connectivity index (χ0n) is 17.5. The van der Waals surface area contributed by atoms with Crippen LogP contribution in [0, 0.1) is 5.92 Å². The van der Waals surface area contributed by atoms with Crippen LogP contribution in [-0.2, 0) is 11.3 Å². The van der Waals surface area contributed by atoms with Crippen LogP contribution in [0.4, 0.5) is 5.69 Å². The third kappa shape index (κ3) is 4.67. The van der Waals surface area contributed by atoms with Gasteiger partial charge < -0.3 is 24.4 Å². The Kier molecular flexibility index (Phi) is 6.38. The van der Waals surface area contributed by atoms with E-state index in [0.29, 0.717) is 38.2 Å². The van der Waals surface area contributed by atoms with Gasteiger partial charge in [-0.2, -0.15) is 0 Å². The summed E-state index contributed by atoms with van der Waals surface area (Å²) in [4.78, 5) is 31.6. The SMILES string of the molecule is CN1CCN(c2ccccc2CNC(=O)C2CCN(C(=O)c3ccco3)CC2)CC1. The van der Waals surface area contributed by atoms with E-state index in [4.69, 9.17) is 4.42 Å². The fourth-order valence-electron chi connectivity index (χ4n) is 4.24. The molecule has 0 radical (unpaired) electrons. The van der Waals surface area contributed by atoms with Gasteiger partial charge in [-0.05, 0) is 43.7 Å². The Morgan fingerprint density at radius 3 is 2.43 bits per heavy atom. The number of anilines is 1. The fraction of sp³-hybridized carbons (Fsp3) is 0.478. The molecule has 0 bridgehead atoms. The molecule has 2 saturated heterocycles. The Morgan fingerprint density at radius 2 is 1.73 bits per heavy atom. The molecule has 1 N–H and O–H groups in total. The molecule has 7 nitrogen and oxygen atoms in total. The summed E-state index contributed by atoms with van der Waals surface area (Å²) in [6.45, 7) is 5.80. The highest BCUT2D eigenvalue weighted by atomic mass is 16.3. The van der Waals surface area contributed by atoms with Crippen LogP contribution in [0.25, 0.3) is 0 Å². The van der Waals surface area contributed by atoms with Gasteiger partial charge in [0.1, 0.15) is 0 Å². The maximum atomic E-state index is 12.8. The van der Waals surface area contributed by atoms with Crippen LogP contribution in [0.15, 0.2) is 47.1 Å². The zero-order valence-corrected chi connectivity index (χ0v) is 17.5. The number of benzene rings is 1. The molecule has 0 unspecified atom stereocenters. The molecule has 4 rings (SSSR count). The predicted molar refractivity (Wildman–Crippen MR) is 115 cm³/mol. The Hall–Kier alpha value is -2.80. The van der Waals surface area contributed by atoms with E-state index >= 15 is 0 Å². The molecule has 0 aliphatic carbocycles. The molecule has 30 heavy (non-hydrogen) atoms. The number of nitrogens with zero attached hydrogens (tertiary/aromatic N) is 3. The smallest absolute Gasteiger partial charge is 0.289 e. The number of furan rings is 1. The van der Waals surface area contributed by atoms with Gasteiger partial charge in [-0.1, -0.05) is 18.2 Å². The third-order valence-corrected chi connectivity index (χ3v) is 6.17. The monoisotopic (exact) mass is 410 g/mol. The number of carbonyl (C=O) groups is 2. The molecule has 2 aromatic rings. The average Bonchev–Trinajstić information content (AvgIpc) is 3.33. The van der Waals surface area contributed by atoms with E-state index < -0.39 is 0 Å². The number of nitrogens with one attached hydrogen (secondary N) is 1. The first-order chi connectivity index (χ1) is 14.6. The lowest BCUT2D eigenvalue weighted by Gasteiger charge is -2.35. The van der Waals surface area contributed by atoms with Crippen molar-refractivity contribution in [1.82, 2.24) is 15.1 Å². The molecule has 2 aliphatic heterocycles. The maximum Gasteiger partial charge on any atom is 0.289 e. The molecule has 160 valence electrons. The van der Waals surface area contributed by atoms with Gasteiger partial charge in [0.2, 0.25) is 5.91 Å². The van der Waals surface area contributed by atoms with Gasteiger partial charge in [0.15, 0.2) is 5.76 Å². The van der Waals surface area contributed by atoms with Gasteiger partial charge in [0.05, 0.1) is 6.26 Å². The van der Waals surface area contributed by atoms with Crippen molar-refractivity contribution < 1.29 is 14.0 Å². The first kappa shape index (κ1) is 20.5. The Balaban J connectivity index is 1.29. The summed E-state index contributed by atoms with van der Waals surface area (Å²) in [7, 11) is 2.15. The molecule has 1 aromatic carbocycles. The molecule has 2 amide bonds. The first-order valence-electron chi connectivity index (χ1n) is 10.7. The standard InChI is InChI=1S/C23H30N4O3/c1-25-12-14-26(15-13-25)20-6-3-2-5-19(20)17-24-22(28)18-8-10-27(11-9-18)23(29)21-7-4-16-30-21/h2-7,16,18H,8-15,17H2,1H3,(H,24,28). The Morgan fingerprint density at radius 1 is 1.00 bits per heavy atom. The molecule has 7 heteroatoms. The topological polar surface area (TPSA) is 69.0 Å². The zero-order chi connectivity index (χ0) is 20.9. The number of likely N-dealkylation sites (tertiary alicyclic amines) is 1. The lowest BCUT2D eigenvalue weighted by atomic mass is 9.95. The number of likely N-dealkylation sites (N-methyl/N-ethyl adjacent to an activating group) is 1. The van der Waals surface area contributed by atoms with Crippen molar-refractivity contribution in [2.24, 2.45) is 5.92 Å². The molecule has 3 heterocycles. The number of hydrogen-bond donors (Lipinski definition) is 1. The van der Waals surface area contributed by atoms with Gasteiger partial charge in [-0.3, -0.25) is 9.59 Å². The quantitative estimate of drug-likeness (QED) is 0.819. The van der Waals surface area contributed by atoms with Gasteiger partial charge in [-0.25, -0.2) is 0 Å². The van der Waals surface area contributed by atoms with Crippen molar-refractivity contribution >= 4 is 17.5 Å². The van der Waals surface area contributed by atoms with Crippen molar-refractivity contribution in [2.45, 2.75) is 19.4 Å². The van der Waals surface area contributed by atoms with Gasteiger partial charge in [-0.15, -0.1) is 0 Å². The highest BCUT2D eigenvalue weighted by molar-refractivity contribution is 5.91. The lowest BCUT2D eigenvalue weighted by Crippen LogP contribution is -2.45. The number of hydrogen-bond acceptors (Lipinski definition) is 5. The van der Waals surface area contributed by atoms with E-state index in [1.807, 2.05) is 6.07 Å². The second-order valence-electron chi connectivity index (χ2n) is 8.18. The molecule has 0 saturated carbocycles. The van der Waals surface area contributed by atoms with E-state index in [-0.39, 0.29) is 17.7 Å². The molecule has 2 fully saturated rings. The van der Waals surface area contributed by atoms with Crippen molar-refractivity contribution in [1.29, 1.82) is 0 Å². The highest BCUT2D eigenvalue weighted by Gasteiger charge is 2.28.